The molecule has 0 bridgehead atoms. The Bertz CT molecular complexity index is 317. The summed E-state index contributed by atoms with van der Waals surface area (Å²) in [6.07, 6.45) is 3.68. The van der Waals surface area contributed by atoms with Crippen LogP contribution in [0.25, 0.3) is 0 Å². The Kier molecular flexibility index (Phi) is 2.84. The van der Waals surface area contributed by atoms with Crippen molar-refractivity contribution in [3.05, 3.63) is 0 Å². The fourth-order valence-corrected chi connectivity index (χ4v) is 2.69. The van der Waals surface area contributed by atoms with Crippen LogP contribution in [0.5, 0.6) is 0 Å². The van der Waals surface area contributed by atoms with Crippen LogP contribution in [0.1, 0.15) is 25.7 Å². The third kappa shape index (κ3) is 2.46. The van der Waals surface area contributed by atoms with Crippen LogP contribution in [0.3, 0.4) is 0 Å². The van der Waals surface area contributed by atoms with E-state index < -0.39 is 5.60 Å². The second-order valence-corrected chi connectivity index (χ2v) is 5.59. The predicted molar refractivity (Wildman–Crippen MR) is 61.4 cm³/mol. The van der Waals surface area contributed by atoms with Crippen molar-refractivity contribution in [1.82, 2.24) is 10.6 Å². The van der Waals surface area contributed by atoms with Gasteiger partial charge in [-0.3, -0.25) is 4.79 Å². The Balaban J connectivity index is 1.48. The van der Waals surface area contributed by atoms with E-state index in [1.807, 2.05) is 0 Å². The van der Waals surface area contributed by atoms with Crippen LogP contribution < -0.4 is 10.6 Å². The smallest absolute Gasteiger partial charge is 0.224 e. The molecule has 0 spiro atoms. The Hall–Kier alpha value is -0.650. The summed E-state index contributed by atoms with van der Waals surface area (Å²) in [6.45, 7) is 1.93. The lowest BCUT2D eigenvalue weighted by Crippen LogP contribution is -2.51. The highest BCUT2D eigenvalue weighted by atomic mass is 16.5. The van der Waals surface area contributed by atoms with Crippen molar-refractivity contribution >= 4 is 5.91 Å². The van der Waals surface area contributed by atoms with Gasteiger partial charge in [0.15, 0.2) is 0 Å². The van der Waals surface area contributed by atoms with E-state index in [1.54, 1.807) is 0 Å². The molecule has 0 unspecified atom stereocenters. The molecule has 2 heterocycles. The summed E-state index contributed by atoms with van der Waals surface area (Å²) < 4.78 is 5.60. The Morgan fingerprint density at radius 3 is 3.12 bits per heavy atom. The highest BCUT2D eigenvalue weighted by Gasteiger charge is 2.42. The first-order chi connectivity index (χ1) is 8.16. The van der Waals surface area contributed by atoms with E-state index in [0.717, 1.165) is 38.8 Å². The molecular weight excluding hydrogens is 220 g/mol. The zero-order chi connectivity index (χ0) is 11.9. The monoisotopic (exact) mass is 240 g/mol. The molecule has 0 radical (unpaired) electrons. The van der Waals surface area contributed by atoms with Gasteiger partial charge in [-0.05, 0) is 25.7 Å². The number of aliphatic hydroxyl groups is 1. The molecule has 5 nitrogen and oxygen atoms in total. The molecule has 0 aromatic heterocycles. The first-order valence-electron chi connectivity index (χ1n) is 6.51. The first kappa shape index (κ1) is 11.4. The molecule has 3 fully saturated rings. The van der Waals surface area contributed by atoms with Crippen molar-refractivity contribution in [3.63, 3.8) is 0 Å². The third-order valence-electron chi connectivity index (χ3n) is 4.14. The molecule has 3 rings (SSSR count). The molecule has 17 heavy (non-hydrogen) atoms. The van der Waals surface area contributed by atoms with Gasteiger partial charge >= 0.3 is 0 Å². The van der Waals surface area contributed by atoms with Gasteiger partial charge < -0.3 is 20.5 Å². The van der Waals surface area contributed by atoms with Gasteiger partial charge in [0.1, 0.15) is 0 Å². The number of ether oxygens (including phenoxy) is 1. The van der Waals surface area contributed by atoms with Crippen molar-refractivity contribution < 1.29 is 14.6 Å². The summed E-state index contributed by atoms with van der Waals surface area (Å²) in [6, 6.07) is 0.437. The van der Waals surface area contributed by atoms with Crippen molar-refractivity contribution in [1.29, 1.82) is 0 Å². The van der Waals surface area contributed by atoms with E-state index in [-0.39, 0.29) is 17.9 Å². The fourth-order valence-electron chi connectivity index (χ4n) is 2.69. The van der Waals surface area contributed by atoms with Crippen LogP contribution in [0.2, 0.25) is 0 Å². The summed E-state index contributed by atoms with van der Waals surface area (Å²) in [5.74, 6) is 0.0310. The molecule has 96 valence electrons. The molecule has 0 aromatic carbocycles. The van der Waals surface area contributed by atoms with E-state index in [9.17, 15) is 9.90 Å². The lowest BCUT2D eigenvalue weighted by Gasteiger charge is -2.31. The van der Waals surface area contributed by atoms with E-state index in [0.29, 0.717) is 12.6 Å². The zero-order valence-corrected chi connectivity index (χ0v) is 9.95. The maximum absolute atomic E-state index is 11.9. The molecule has 3 aliphatic rings. The van der Waals surface area contributed by atoms with Gasteiger partial charge in [0.2, 0.25) is 5.91 Å². The third-order valence-corrected chi connectivity index (χ3v) is 4.14. The maximum Gasteiger partial charge on any atom is 0.224 e. The number of carbonyl (C=O) groups excluding carboxylic acids is 1. The van der Waals surface area contributed by atoms with E-state index >= 15 is 0 Å². The van der Waals surface area contributed by atoms with Crippen molar-refractivity contribution in [3.8, 4) is 0 Å². The van der Waals surface area contributed by atoms with Crippen LogP contribution in [0, 0.1) is 5.92 Å². The van der Waals surface area contributed by atoms with Crippen LogP contribution >= 0.6 is 0 Å². The van der Waals surface area contributed by atoms with Crippen molar-refractivity contribution in [2.75, 3.05) is 19.7 Å². The number of nitrogens with one attached hydrogen (secondary N) is 2. The second-order valence-electron chi connectivity index (χ2n) is 5.59. The topological polar surface area (TPSA) is 70.6 Å². The predicted octanol–water partition coefficient (Wildman–Crippen LogP) is -0.605. The van der Waals surface area contributed by atoms with Crippen molar-refractivity contribution in [2.45, 2.75) is 43.4 Å². The van der Waals surface area contributed by atoms with E-state index in [2.05, 4.69) is 10.6 Å². The molecule has 2 aliphatic heterocycles. The van der Waals surface area contributed by atoms with Crippen LogP contribution in [-0.2, 0) is 9.53 Å². The minimum Gasteiger partial charge on any atom is -0.388 e. The Morgan fingerprint density at radius 2 is 2.35 bits per heavy atom. The van der Waals surface area contributed by atoms with E-state index in [1.165, 1.54) is 0 Å². The molecule has 0 aromatic rings. The molecule has 2 saturated heterocycles. The van der Waals surface area contributed by atoms with Gasteiger partial charge in [-0.25, -0.2) is 0 Å². The number of hydrogen-bond acceptors (Lipinski definition) is 4. The molecule has 3 N–H and O–H groups in total. The number of carbonyl (C=O) groups is 1. The molecule has 1 aliphatic carbocycles. The SMILES string of the molecule is O=C(NCC1(O)CC1)[C@@H]1CN[C@@H]2CCO[C@@H]2C1. The quantitative estimate of drug-likeness (QED) is 0.616. The zero-order valence-electron chi connectivity index (χ0n) is 9.95. The first-order valence-corrected chi connectivity index (χ1v) is 6.51. The highest BCUT2D eigenvalue weighted by Crippen LogP contribution is 2.34. The minimum absolute atomic E-state index is 0.0169. The number of piperidine rings is 1. The van der Waals surface area contributed by atoms with Gasteiger partial charge in [0, 0.05) is 25.7 Å². The Labute approximate surface area is 101 Å². The summed E-state index contributed by atoms with van der Waals surface area (Å²) in [4.78, 5) is 11.9. The van der Waals surface area contributed by atoms with Gasteiger partial charge in [-0.1, -0.05) is 0 Å². The number of amides is 1. The molecule has 1 saturated carbocycles. The van der Waals surface area contributed by atoms with Crippen LogP contribution in [-0.4, -0.2) is 48.5 Å². The summed E-state index contributed by atoms with van der Waals surface area (Å²) in [7, 11) is 0. The second kappa shape index (κ2) is 4.23. The van der Waals surface area contributed by atoms with Crippen LogP contribution in [0.15, 0.2) is 0 Å². The van der Waals surface area contributed by atoms with Gasteiger partial charge in [0.05, 0.1) is 17.6 Å². The minimum atomic E-state index is -0.607. The maximum atomic E-state index is 11.9. The fraction of sp³-hybridized carbons (Fsp3) is 0.917. The molecule has 5 heteroatoms. The summed E-state index contributed by atoms with van der Waals surface area (Å²) in [5.41, 5.74) is -0.607. The molecule has 3 atom stereocenters. The van der Waals surface area contributed by atoms with Crippen LogP contribution in [0.4, 0.5) is 0 Å². The Morgan fingerprint density at radius 1 is 1.53 bits per heavy atom. The average molecular weight is 240 g/mol. The number of rotatable bonds is 3. The van der Waals surface area contributed by atoms with Crippen molar-refractivity contribution in [2.24, 2.45) is 5.92 Å². The normalized spacial score (nSPS) is 38.5. The van der Waals surface area contributed by atoms with Gasteiger partial charge in [-0.2, -0.15) is 0 Å². The summed E-state index contributed by atoms with van der Waals surface area (Å²) >= 11 is 0. The number of hydrogen-bond donors (Lipinski definition) is 3. The van der Waals surface area contributed by atoms with E-state index in [4.69, 9.17) is 4.74 Å². The van der Waals surface area contributed by atoms with Gasteiger partial charge in [-0.15, -0.1) is 0 Å². The molecular formula is C12H20N2O3. The average Bonchev–Trinajstić information content (AvgIpc) is 2.90. The van der Waals surface area contributed by atoms with Gasteiger partial charge in [0.25, 0.3) is 0 Å². The summed E-state index contributed by atoms with van der Waals surface area (Å²) in [5, 5.41) is 15.9. The lowest BCUT2D eigenvalue weighted by molar-refractivity contribution is -0.127. The highest BCUT2D eigenvalue weighted by molar-refractivity contribution is 5.79. The lowest BCUT2D eigenvalue weighted by atomic mass is 9.91. The molecule has 1 amide bonds. The standard InChI is InChI=1S/C12H20N2O3/c15-11(14-7-12(16)2-3-12)8-5-10-9(13-6-8)1-4-17-10/h8-10,13,16H,1-7H2,(H,14,15)/t8-,9+,10+/m0/s1. The largest absolute Gasteiger partial charge is 0.388 e. The number of fused-ring (bicyclic) bond motifs is 1.